The van der Waals surface area contributed by atoms with Crippen LogP contribution in [0.4, 0.5) is 0 Å². The van der Waals surface area contributed by atoms with Gasteiger partial charge in [0.05, 0.1) is 6.10 Å². The molecule has 2 rings (SSSR count). The molecule has 1 aromatic carbocycles. The van der Waals surface area contributed by atoms with E-state index in [9.17, 15) is 0 Å². The molecule has 1 aromatic heterocycles. The molecule has 0 N–H and O–H groups in total. The van der Waals surface area contributed by atoms with Gasteiger partial charge in [0.1, 0.15) is 0 Å². The second-order valence-electron chi connectivity index (χ2n) is 4.31. The minimum absolute atomic E-state index is 0.348. The van der Waals surface area contributed by atoms with Crippen molar-refractivity contribution in [2.24, 2.45) is 0 Å². The molecule has 0 fully saturated rings. The Hall–Kier alpha value is -0.860. The second-order valence-corrected chi connectivity index (χ2v) is 5.60. The Labute approximate surface area is 115 Å². The van der Waals surface area contributed by atoms with Gasteiger partial charge in [-0.1, -0.05) is 26.0 Å². The first-order chi connectivity index (χ1) is 8.69. The molecule has 1 nitrogen and oxygen atoms in total. The molecule has 100 valence electrons. The molecule has 1 heterocycles. The van der Waals surface area contributed by atoms with Gasteiger partial charge in [-0.25, -0.2) is 0 Å². The Kier molecular flexibility index (Phi) is 6.37. The number of fused-ring (bicyclic) bond motifs is 1. The second kappa shape index (κ2) is 7.55. The Morgan fingerprint density at radius 2 is 1.94 bits per heavy atom. The minimum atomic E-state index is 0.348. The van der Waals surface area contributed by atoms with E-state index in [4.69, 9.17) is 4.74 Å². The first-order valence-corrected chi connectivity index (χ1v) is 7.52. The van der Waals surface area contributed by atoms with E-state index < -0.39 is 0 Å². The highest BCUT2D eigenvalue weighted by Crippen LogP contribution is 2.26. The first kappa shape index (κ1) is 15.2. The molecule has 18 heavy (non-hydrogen) atoms. The number of hydrogen-bond donors (Lipinski definition) is 0. The fourth-order valence-electron chi connectivity index (χ4n) is 1.85. The van der Waals surface area contributed by atoms with E-state index in [0.29, 0.717) is 6.10 Å². The summed E-state index contributed by atoms with van der Waals surface area (Å²) < 4.78 is 6.67. The maximum atomic E-state index is 5.27. The maximum absolute atomic E-state index is 5.27. The lowest BCUT2D eigenvalue weighted by atomic mass is 10.1. The monoisotopic (exact) mass is 264 g/mol. The molecule has 2 heteroatoms. The van der Waals surface area contributed by atoms with Crippen molar-refractivity contribution < 1.29 is 4.74 Å². The summed E-state index contributed by atoms with van der Waals surface area (Å²) in [6.45, 7) is 8.28. The summed E-state index contributed by atoms with van der Waals surface area (Å²) in [7, 11) is 1.77. The van der Waals surface area contributed by atoms with Crippen LogP contribution < -0.4 is 0 Å². The van der Waals surface area contributed by atoms with Gasteiger partial charge in [-0.3, -0.25) is 0 Å². The van der Waals surface area contributed by atoms with Gasteiger partial charge in [0, 0.05) is 16.7 Å². The normalized spacial score (nSPS) is 12.1. The van der Waals surface area contributed by atoms with E-state index in [1.165, 1.54) is 20.5 Å². The minimum Gasteiger partial charge on any atom is -0.382 e. The van der Waals surface area contributed by atoms with Gasteiger partial charge in [-0.15, -0.1) is 11.3 Å². The van der Waals surface area contributed by atoms with Crippen LogP contribution >= 0.6 is 11.3 Å². The van der Waals surface area contributed by atoms with Crippen LogP contribution in [0.5, 0.6) is 0 Å². The lowest BCUT2D eigenvalue weighted by Crippen LogP contribution is -2.05. The Morgan fingerprint density at radius 3 is 2.61 bits per heavy atom. The summed E-state index contributed by atoms with van der Waals surface area (Å²) in [4.78, 5) is 1.39. The number of hydrogen-bond acceptors (Lipinski definition) is 2. The third kappa shape index (κ3) is 4.11. The van der Waals surface area contributed by atoms with Crippen LogP contribution in [0.2, 0.25) is 0 Å². The average molecular weight is 264 g/mol. The van der Waals surface area contributed by atoms with Gasteiger partial charge < -0.3 is 4.74 Å². The number of aryl methyl sites for hydroxylation is 2. The smallest absolute Gasteiger partial charge is 0.0546 e. The molecule has 1 unspecified atom stereocenters. The van der Waals surface area contributed by atoms with Gasteiger partial charge in [0.2, 0.25) is 0 Å². The molecular weight excluding hydrogens is 240 g/mol. The van der Waals surface area contributed by atoms with Crippen molar-refractivity contribution in [1.29, 1.82) is 0 Å². The molecule has 0 aliphatic heterocycles. The number of thiophene rings is 1. The van der Waals surface area contributed by atoms with Gasteiger partial charge in [0.25, 0.3) is 0 Å². The highest BCUT2D eigenvalue weighted by atomic mass is 32.1. The van der Waals surface area contributed by atoms with Crippen LogP contribution in [0, 0.1) is 6.92 Å². The van der Waals surface area contributed by atoms with Crippen LogP contribution in [0.15, 0.2) is 24.3 Å². The number of benzene rings is 1. The topological polar surface area (TPSA) is 9.23 Å². The van der Waals surface area contributed by atoms with Crippen molar-refractivity contribution in [1.82, 2.24) is 0 Å². The molecule has 0 bridgehead atoms. The zero-order valence-electron chi connectivity index (χ0n) is 12.1. The van der Waals surface area contributed by atoms with Crippen LogP contribution in [0.1, 0.15) is 37.6 Å². The van der Waals surface area contributed by atoms with E-state index in [2.05, 4.69) is 38.1 Å². The summed E-state index contributed by atoms with van der Waals surface area (Å²) >= 11 is 1.88. The van der Waals surface area contributed by atoms with Crippen molar-refractivity contribution in [2.45, 2.75) is 46.6 Å². The van der Waals surface area contributed by atoms with E-state index in [1.54, 1.807) is 7.11 Å². The third-order valence-corrected chi connectivity index (χ3v) is 3.96. The predicted octanol–water partition coefficient (Wildman–Crippen LogP) is 5.20. The summed E-state index contributed by atoms with van der Waals surface area (Å²) in [5.41, 5.74) is 1.42. The zero-order valence-corrected chi connectivity index (χ0v) is 12.9. The van der Waals surface area contributed by atoms with E-state index in [1.807, 2.05) is 25.2 Å². The molecule has 0 saturated carbocycles. The molecule has 0 aliphatic rings. The third-order valence-electron chi connectivity index (χ3n) is 2.95. The summed E-state index contributed by atoms with van der Waals surface area (Å²) in [6.07, 6.45) is 2.54. The molecular formula is C16H24OS. The van der Waals surface area contributed by atoms with Crippen molar-refractivity contribution in [3.63, 3.8) is 0 Å². The van der Waals surface area contributed by atoms with Crippen molar-refractivity contribution >= 4 is 21.4 Å². The zero-order chi connectivity index (χ0) is 13.5. The van der Waals surface area contributed by atoms with Crippen LogP contribution in [0.3, 0.4) is 0 Å². The van der Waals surface area contributed by atoms with Gasteiger partial charge in [0.15, 0.2) is 0 Å². The Balaban J connectivity index is 0.000000771. The van der Waals surface area contributed by atoms with Crippen molar-refractivity contribution in [3.05, 3.63) is 34.7 Å². The molecule has 0 radical (unpaired) electrons. The highest BCUT2D eigenvalue weighted by Gasteiger charge is 2.03. The van der Waals surface area contributed by atoms with Gasteiger partial charge >= 0.3 is 0 Å². The Morgan fingerprint density at radius 1 is 1.22 bits per heavy atom. The Bertz CT molecular complexity index is 473. The van der Waals surface area contributed by atoms with Gasteiger partial charge in [-0.05, 0) is 49.8 Å². The van der Waals surface area contributed by atoms with E-state index in [0.717, 1.165) is 12.8 Å². The first-order valence-electron chi connectivity index (χ1n) is 6.71. The quantitative estimate of drug-likeness (QED) is 0.737. The van der Waals surface area contributed by atoms with Crippen molar-refractivity contribution in [3.8, 4) is 0 Å². The lowest BCUT2D eigenvalue weighted by molar-refractivity contribution is 0.111. The van der Waals surface area contributed by atoms with E-state index in [-0.39, 0.29) is 0 Å². The molecule has 1 atom stereocenters. The molecule has 0 aliphatic carbocycles. The maximum Gasteiger partial charge on any atom is 0.0546 e. The summed E-state index contributed by atoms with van der Waals surface area (Å²) in [5.74, 6) is 0. The number of ether oxygens (including phenoxy) is 1. The fraction of sp³-hybridized carbons (Fsp3) is 0.500. The van der Waals surface area contributed by atoms with Crippen LogP contribution in [-0.4, -0.2) is 13.2 Å². The highest BCUT2D eigenvalue weighted by molar-refractivity contribution is 7.19. The van der Waals surface area contributed by atoms with Crippen LogP contribution in [-0.2, 0) is 11.2 Å². The SMILES string of the molecule is CC.COC(C)CCc1ccc2cc(C)sc2c1. The van der Waals surface area contributed by atoms with Gasteiger partial charge in [-0.2, -0.15) is 0 Å². The summed E-state index contributed by atoms with van der Waals surface area (Å²) in [5, 5.41) is 1.37. The molecule has 0 spiro atoms. The largest absolute Gasteiger partial charge is 0.382 e. The summed E-state index contributed by atoms with van der Waals surface area (Å²) in [6, 6.07) is 9.03. The predicted molar refractivity (Wildman–Crippen MR) is 82.7 cm³/mol. The average Bonchev–Trinajstić information content (AvgIpc) is 2.77. The molecule has 0 saturated heterocycles. The molecule has 0 amide bonds. The van der Waals surface area contributed by atoms with Crippen molar-refractivity contribution in [2.75, 3.05) is 7.11 Å². The lowest BCUT2D eigenvalue weighted by Gasteiger charge is -2.08. The fourth-order valence-corrected chi connectivity index (χ4v) is 2.84. The number of rotatable bonds is 4. The van der Waals surface area contributed by atoms with Crippen LogP contribution in [0.25, 0.3) is 10.1 Å². The van der Waals surface area contributed by atoms with E-state index >= 15 is 0 Å². The molecule has 2 aromatic rings. The standard InChI is InChI=1S/C14H18OS.C2H6/c1-10(15-3)4-5-12-6-7-13-8-11(2)16-14(13)9-12;1-2/h6-10H,4-5H2,1-3H3;1-2H3. The number of methoxy groups -OCH3 is 1.